The Bertz CT molecular complexity index is 912. The zero-order chi connectivity index (χ0) is 22.5. The first-order valence-electron chi connectivity index (χ1n) is 10.8. The van der Waals surface area contributed by atoms with Gasteiger partial charge in [-0.1, -0.05) is 48.5 Å². The van der Waals surface area contributed by atoms with Gasteiger partial charge in [0.1, 0.15) is 0 Å². The Balaban J connectivity index is 1.82. The monoisotopic (exact) mass is 562 g/mol. The van der Waals surface area contributed by atoms with Crippen LogP contribution in [0.3, 0.4) is 0 Å². The van der Waals surface area contributed by atoms with Crippen molar-refractivity contribution in [3.05, 3.63) is 44.6 Å². The third-order valence-electron chi connectivity index (χ3n) is 5.87. The van der Waals surface area contributed by atoms with E-state index in [1.54, 1.807) is 13.0 Å². The second-order valence-electron chi connectivity index (χ2n) is 8.01. The molecule has 0 atom stereocenters. The topological polar surface area (TPSA) is 18.5 Å². The zero-order valence-electron chi connectivity index (χ0n) is 17.7. The van der Waals surface area contributed by atoms with Gasteiger partial charge in [-0.25, -0.2) is 8.78 Å². The Morgan fingerprint density at radius 2 is 1.45 bits per heavy atom. The largest absolute Gasteiger partial charge is 0.491 e. The van der Waals surface area contributed by atoms with Crippen LogP contribution in [-0.2, 0) is 0 Å². The average molecular weight is 564 g/mol. The molecule has 0 bridgehead atoms. The van der Waals surface area contributed by atoms with Crippen molar-refractivity contribution in [3.8, 4) is 22.6 Å². The molecule has 0 saturated heterocycles. The minimum atomic E-state index is -1.16. The standard InChI is InChI=1S/C24H27Br2F3O2/c1-3-5-14-6-8-15(9-7-14)13-31-19-12-17(26)21(24(29)23(19)28)20-16(25)10-11-18(22(20)27)30-4-2/h10-12,14-15H,3-9,13H2,1-2H3. The second-order valence-corrected chi connectivity index (χ2v) is 9.72. The van der Waals surface area contributed by atoms with Gasteiger partial charge in [0, 0.05) is 20.1 Å². The van der Waals surface area contributed by atoms with E-state index < -0.39 is 17.5 Å². The van der Waals surface area contributed by atoms with Crippen molar-refractivity contribution in [2.75, 3.05) is 13.2 Å². The van der Waals surface area contributed by atoms with Crippen molar-refractivity contribution in [1.82, 2.24) is 0 Å². The summed E-state index contributed by atoms with van der Waals surface area (Å²) in [6, 6.07) is 4.36. The van der Waals surface area contributed by atoms with Gasteiger partial charge < -0.3 is 9.47 Å². The van der Waals surface area contributed by atoms with E-state index in [2.05, 4.69) is 38.8 Å². The predicted octanol–water partition coefficient (Wildman–Crippen LogP) is 8.68. The lowest BCUT2D eigenvalue weighted by Crippen LogP contribution is -2.20. The molecule has 1 saturated carbocycles. The molecule has 1 aliphatic carbocycles. The fourth-order valence-corrected chi connectivity index (χ4v) is 5.32. The van der Waals surface area contributed by atoms with Gasteiger partial charge in [0.05, 0.1) is 13.2 Å². The van der Waals surface area contributed by atoms with E-state index in [1.165, 1.54) is 25.0 Å². The fourth-order valence-electron chi connectivity index (χ4n) is 4.24. The number of rotatable bonds is 8. The summed E-state index contributed by atoms with van der Waals surface area (Å²) in [5, 5.41) is 0. The Kier molecular flexibility index (Phi) is 8.74. The SMILES string of the molecule is CCCC1CCC(COc2cc(Br)c(-c3c(Br)ccc(OCC)c3F)c(F)c2F)CC1. The molecule has 0 spiro atoms. The van der Waals surface area contributed by atoms with Crippen LogP contribution in [0, 0.1) is 29.3 Å². The zero-order valence-corrected chi connectivity index (χ0v) is 20.9. The second kappa shape index (κ2) is 11.1. The predicted molar refractivity (Wildman–Crippen MR) is 124 cm³/mol. The van der Waals surface area contributed by atoms with Gasteiger partial charge in [-0.3, -0.25) is 0 Å². The number of halogens is 5. The lowest BCUT2D eigenvalue weighted by molar-refractivity contribution is 0.173. The van der Waals surface area contributed by atoms with Crippen molar-refractivity contribution in [2.45, 2.75) is 52.4 Å². The first-order chi connectivity index (χ1) is 14.9. The highest BCUT2D eigenvalue weighted by molar-refractivity contribution is 9.11. The molecule has 1 fully saturated rings. The third-order valence-corrected chi connectivity index (χ3v) is 7.15. The van der Waals surface area contributed by atoms with E-state index in [-0.39, 0.29) is 33.7 Å². The van der Waals surface area contributed by atoms with Crippen molar-refractivity contribution >= 4 is 31.9 Å². The molecular weight excluding hydrogens is 537 g/mol. The minimum Gasteiger partial charge on any atom is -0.491 e. The molecule has 1 aliphatic rings. The molecule has 7 heteroatoms. The molecule has 0 radical (unpaired) electrons. The fraction of sp³-hybridized carbons (Fsp3) is 0.500. The van der Waals surface area contributed by atoms with Crippen LogP contribution in [0.15, 0.2) is 27.1 Å². The highest BCUT2D eigenvalue weighted by Crippen LogP contribution is 2.43. The van der Waals surface area contributed by atoms with Crippen LogP contribution >= 0.6 is 31.9 Å². The van der Waals surface area contributed by atoms with Crippen LogP contribution in [-0.4, -0.2) is 13.2 Å². The number of hydrogen-bond donors (Lipinski definition) is 0. The minimum absolute atomic E-state index is 0.0218. The Morgan fingerprint density at radius 3 is 2.10 bits per heavy atom. The van der Waals surface area contributed by atoms with Crippen molar-refractivity contribution < 1.29 is 22.6 Å². The van der Waals surface area contributed by atoms with Crippen LogP contribution in [0.2, 0.25) is 0 Å². The smallest absolute Gasteiger partial charge is 0.201 e. The van der Waals surface area contributed by atoms with Crippen molar-refractivity contribution in [3.63, 3.8) is 0 Å². The molecule has 2 nitrogen and oxygen atoms in total. The summed E-state index contributed by atoms with van der Waals surface area (Å²) in [4.78, 5) is 0. The Morgan fingerprint density at radius 1 is 0.806 bits per heavy atom. The molecular formula is C24H27Br2F3O2. The molecule has 0 N–H and O–H groups in total. The highest BCUT2D eigenvalue weighted by Gasteiger charge is 2.27. The molecule has 0 unspecified atom stereocenters. The maximum atomic E-state index is 15.1. The van der Waals surface area contributed by atoms with Crippen LogP contribution in [0.1, 0.15) is 52.4 Å². The summed E-state index contributed by atoms with van der Waals surface area (Å²) >= 11 is 6.52. The molecule has 0 aromatic heterocycles. The normalized spacial score (nSPS) is 18.8. The Labute approximate surface area is 198 Å². The summed E-state index contributed by atoms with van der Waals surface area (Å²) in [5.41, 5.74) is -0.314. The molecule has 3 rings (SSSR count). The van der Waals surface area contributed by atoms with E-state index >= 15 is 4.39 Å². The maximum Gasteiger partial charge on any atom is 0.201 e. The molecule has 0 aliphatic heterocycles. The third kappa shape index (κ3) is 5.59. The van der Waals surface area contributed by atoms with Crippen LogP contribution in [0.4, 0.5) is 13.2 Å². The number of hydrogen-bond acceptors (Lipinski definition) is 2. The summed E-state index contributed by atoms with van der Waals surface area (Å²) in [5.74, 6) is -2.12. The lowest BCUT2D eigenvalue weighted by atomic mass is 9.80. The van der Waals surface area contributed by atoms with E-state index in [1.807, 2.05) is 0 Å². The van der Waals surface area contributed by atoms with Gasteiger partial charge in [0.25, 0.3) is 0 Å². The van der Waals surface area contributed by atoms with Gasteiger partial charge in [-0.2, -0.15) is 4.39 Å². The maximum absolute atomic E-state index is 15.1. The number of ether oxygens (including phenoxy) is 2. The molecule has 0 amide bonds. The molecule has 170 valence electrons. The summed E-state index contributed by atoms with van der Waals surface area (Å²) in [7, 11) is 0. The van der Waals surface area contributed by atoms with Gasteiger partial charge in [-0.15, -0.1) is 0 Å². The van der Waals surface area contributed by atoms with E-state index in [4.69, 9.17) is 9.47 Å². The molecule has 0 heterocycles. The summed E-state index contributed by atoms with van der Waals surface area (Å²) < 4.78 is 56.4. The number of benzene rings is 2. The van der Waals surface area contributed by atoms with E-state index in [0.29, 0.717) is 17.0 Å². The first kappa shape index (κ1) is 24.4. The van der Waals surface area contributed by atoms with Gasteiger partial charge in [0.2, 0.25) is 5.82 Å². The molecule has 2 aromatic carbocycles. The van der Waals surface area contributed by atoms with Crippen LogP contribution in [0.25, 0.3) is 11.1 Å². The van der Waals surface area contributed by atoms with Gasteiger partial charge >= 0.3 is 0 Å². The van der Waals surface area contributed by atoms with Gasteiger partial charge in [0.15, 0.2) is 23.1 Å². The van der Waals surface area contributed by atoms with Crippen LogP contribution < -0.4 is 9.47 Å². The van der Waals surface area contributed by atoms with Crippen LogP contribution in [0.5, 0.6) is 11.5 Å². The average Bonchev–Trinajstić information content (AvgIpc) is 2.75. The van der Waals surface area contributed by atoms with Gasteiger partial charge in [-0.05, 0) is 65.7 Å². The summed E-state index contributed by atoms with van der Waals surface area (Å²) in [6.45, 7) is 4.52. The van der Waals surface area contributed by atoms with E-state index in [0.717, 1.165) is 31.6 Å². The van der Waals surface area contributed by atoms with Crippen molar-refractivity contribution in [1.29, 1.82) is 0 Å². The van der Waals surface area contributed by atoms with E-state index in [9.17, 15) is 8.78 Å². The summed E-state index contributed by atoms with van der Waals surface area (Å²) in [6.07, 6.45) is 6.84. The molecule has 31 heavy (non-hydrogen) atoms. The molecule has 2 aromatic rings. The highest BCUT2D eigenvalue weighted by atomic mass is 79.9. The Hall–Kier alpha value is -1.21. The first-order valence-corrected chi connectivity index (χ1v) is 12.4. The van der Waals surface area contributed by atoms with Crippen molar-refractivity contribution in [2.24, 2.45) is 11.8 Å². The lowest BCUT2D eigenvalue weighted by Gasteiger charge is -2.28. The quantitative estimate of drug-likeness (QED) is 0.299.